The van der Waals surface area contributed by atoms with Gasteiger partial charge in [0.1, 0.15) is 5.82 Å². The normalized spacial score (nSPS) is 16.3. The maximum absolute atomic E-state index is 4.62. The number of nitrogens with zero attached hydrogens (tertiary/aromatic N) is 3. The second-order valence-corrected chi connectivity index (χ2v) is 5.50. The van der Waals surface area contributed by atoms with Crippen LogP contribution in [0.4, 0.5) is 11.8 Å². The maximum Gasteiger partial charge on any atom is 0.226 e. The predicted molar refractivity (Wildman–Crippen MR) is 80.7 cm³/mol. The van der Waals surface area contributed by atoms with Gasteiger partial charge in [0.2, 0.25) is 5.95 Å². The largest absolute Gasteiger partial charge is 0.367 e. The molecule has 1 saturated carbocycles. The van der Waals surface area contributed by atoms with Crippen LogP contribution in [0.5, 0.6) is 0 Å². The van der Waals surface area contributed by atoms with Gasteiger partial charge in [0.15, 0.2) is 0 Å². The molecule has 0 unspecified atom stereocenters. The number of hydrogen-bond donors (Lipinski definition) is 1. The highest BCUT2D eigenvalue weighted by molar-refractivity contribution is 5.41. The molecule has 0 aliphatic heterocycles. The first-order valence-electron chi connectivity index (χ1n) is 7.60. The Bertz CT molecular complexity index is 374. The predicted octanol–water partition coefficient (Wildman–Crippen LogP) is 3.46. The summed E-state index contributed by atoms with van der Waals surface area (Å²) in [4.78, 5) is 11.1. The van der Waals surface area contributed by atoms with Crippen molar-refractivity contribution in [2.45, 2.75) is 57.9 Å². The van der Waals surface area contributed by atoms with Crippen molar-refractivity contribution in [3.05, 3.63) is 12.3 Å². The van der Waals surface area contributed by atoms with E-state index >= 15 is 0 Å². The molecule has 1 aromatic rings. The van der Waals surface area contributed by atoms with Crippen LogP contribution in [0.1, 0.15) is 51.9 Å². The van der Waals surface area contributed by atoms with Crippen molar-refractivity contribution in [2.24, 2.45) is 0 Å². The average Bonchev–Trinajstić information content (AvgIpc) is 2.46. The standard InChI is InChI=1S/C15H26N4/c1-3-4-12-19(2)15-16-11-10-14(18-15)17-13-8-6-5-7-9-13/h10-11,13H,3-9,12H2,1-2H3,(H,16,17,18). The number of anilines is 2. The number of nitrogens with one attached hydrogen (secondary N) is 1. The molecule has 0 spiro atoms. The fourth-order valence-corrected chi connectivity index (χ4v) is 2.56. The molecule has 1 aromatic heterocycles. The fraction of sp³-hybridized carbons (Fsp3) is 0.733. The smallest absolute Gasteiger partial charge is 0.226 e. The van der Waals surface area contributed by atoms with E-state index in [4.69, 9.17) is 0 Å². The molecule has 1 aliphatic rings. The first kappa shape index (κ1) is 14.1. The first-order chi connectivity index (χ1) is 9.29. The molecule has 0 amide bonds. The number of aromatic nitrogens is 2. The van der Waals surface area contributed by atoms with E-state index in [0.29, 0.717) is 6.04 Å². The second-order valence-electron chi connectivity index (χ2n) is 5.50. The molecule has 19 heavy (non-hydrogen) atoms. The Morgan fingerprint density at radius 1 is 1.32 bits per heavy atom. The minimum Gasteiger partial charge on any atom is -0.367 e. The third-order valence-corrected chi connectivity index (χ3v) is 3.79. The maximum atomic E-state index is 4.62. The highest BCUT2D eigenvalue weighted by Crippen LogP contribution is 2.21. The molecule has 4 nitrogen and oxygen atoms in total. The summed E-state index contributed by atoms with van der Waals surface area (Å²) in [7, 11) is 2.06. The third-order valence-electron chi connectivity index (χ3n) is 3.79. The Morgan fingerprint density at radius 2 is 2.11 bits per heavy atom. The molecule has 1 heterocycles. The van der Waals surface area contributed by atoms with Crippen LogP contribution in [-0.4, -0.2) is 29.6 Å². The van der Waals surface area contributed by atoms with Gasteiger partial charge in [-0.25, -0.2) is 4.98 Å². The zero-order valence-electron chi connectivity index (χ0n) is 12.2. The summed E-state index contributed by atoms with van der Waals surface area (Å²) in [6.07, 6.45) is 10.8. The molecular weight excluding hydrogens is 236 g/mol. The van der Waals surface area contributed by atoms with Crippen molar-refractivity contribution in [1.29, 1.82) is 0 Å². The van der Waals surface area contributed by atoms with E-state index in [1.54, 1.807) is 0 Å². The molecule has 0 bridgehead atoms. The molecule has 1 aliphatic carbocycles. The topological polar surface area (TPSA) is 41.1 Å². The molecule has 106 valence electrons. The van der Waals surface area contributed by atoms with Crippen LogP contribution >= 0.6 is 0 Å². The van der Waals surface area contributed by atoms with Crippen LogP contribution in [0, 0.1) is 0 Å². The van der Waals surface area contributed by atoms with Crippen LogP contribution in [-0.2, 0) is 0 Å². The summed E-state index contributed by atoms with van der Waals surface area (Å²) in [5.74, 6) is 1.80. The molecule has 4 heteroatoms. The summed E-state index contributed by atoms with van der Waals surface area (Å²) in [5.41, 5.74) is 0. The zero-order valence-corrected chi connectivity index (χ0v) is 12.2. The van der Waals surface area contributed by atoms with Gasteiger partial charge in [-0.05, 0) is 25.3 Å². The Morgan fingerprint density at radius 3 is 2.84 bits per heavy atom. The van der Waals surface area contributed by atoms with Crippen molar-refractivity contribution in [3.8, 4) is 0 Å². The van der Waals surface area contributed by atoms with E-state index < -0.39 is 0 Å². The summed E-state index contributed by atoms with van der Waals surface area (Å²) in [6.45, 7) is 3.22. The third kappa shape index (κ3) is 4.37. The Kier molecular flexibility index (Phi) is 5.43. The summed E-state index contributed by atoms with van der Waals surface area (Å²) in [6, 6.07) is 2.57. The second kappa shape index (κ2) is 7.31. The van der Waals surface area contributed by atoms with E-state index in [-0.39, 0.29) is 0 Å². The first-order valence-corrected chi connectivity index (χ1v) is 7.60. The van der Waals surface area contributed by atoms with Crippen molar-refractivity contribution in [1.82, 2.24) is 9.97 Å². The SMILES string of the molecule is CCCCN(C)c1nccc(NC2CCCCC2)n1. The molecule has 0 aromatic carbocycles. The summed E-state index contributed by atoms with van der Waals surface area (Å²) >= 11 is 0. The zero-order chi connectivity index (χ0) is 13.5. The van der Waals surface area contributed by atoms with Crippen molar-refractivity contribution in [3.63, 3.8) is 0 Å². The Balaban J connectivity index is 1.93. The van der Waals surface area contributed by atoms with Crippen molar-refractivity contribution in [2.75, 3.05) is 23.8 Å². The van der Waals surface area contributed by atoms with E-state index in [1.807, 2.05) is 12.3 Å². The van der Waals surface area contributed by atoms with Gasteiger partial charge in [0, 0.05) is 25.8 Å². The number of rotatable bonds is 6. The monoisotopic (exact) mass is 262 g/mol. The van der Waals surface area contributed by atoms with E-state index in [0.717, 1.165) is 18.3 Å². The highest BCUT2D eigenvalue weighted by Gasteiger charge is 2.14. The molecule has 0 saturated heterocycles. The molecular formula is C15H26N4. The van der Waals surface area contributed by atoms with Gasteiger partial charge in [-0.2, -0.15) is 4.98 Å². The quantitative estimate of drug-likeness (QED) is 0.852. The minimum absolute atomic E-state index is 0.595. The molecule has 0 atom stereocenters. The van der Waals surface area contributed by atoms with Crippen LogP contribution < -0.4 is 10.2 Å². The van der Waals surface area contributed by atoms with Crippen molar-refractivity contribution < 1.29 is 0 Å². The Hall–Kier alpha value is -1.32. The highest BCUT2D eigenvalue weighted by atomic mass is 15.2. The van der Waals surface area contributed by atoms with Crippen LogP contribution in [0.15, 0.2) is 12.3 Å². The van der Waals surface area contributed by atoms with E-state index in [1.165, 1.54) is 44.9 Å². The van der Waals surface area contributed by atoms with Gasteiger partial charge in [-0.15, -0.1) is 0 Å². The lowest BCUT2D eigenvalue weighted by Gasteiger charge is -2.24. The van der Waals surface area contributed by atoms with Gasteiger partial charge < -0.3 is 10.2 Å². The molecule has 1 N–H and O–H groups in total. The van der Waals surface area contributed by atoms with E-state index in [2.05, 4.69) is 34.2 Å². The van der Waals surface area contributed by atoms with Crippen molar-refractivity contribution >= 4 is 11.8 Å². The van der Waals surface area contributed by atoms with Crippen LogP contribution in [0.3, 0.4) is 0 Å². The lowest BCUT2D eigenvalue weighted by Crippen LogP contribution is -2.24. The van der Waals surface area contributed by atoms with Gasteiger partial charge in [-0.1, -0.05) is 32.6 Å². The number of hydrogen-bond acceptors (Lipinski definition) is 4. The van der Waals surface area contributed by atoms with Gasteiger partial charge >= 0.3 is 0 Å². The summed E-state index contributed by atoms with van der Waals surface area (Å²) < 4.78 is 0. The lowest BCUT2D eigenvalue weighted by atomic mass is 9.95. The molecule has 2 rings (SSSR count). The lowest BCUT2D eigenvalue weighted by molar-refractivity contribution is 0.462. The summed E-state index contributed by atoms with van der Waals surface area (Å²) in [5, 5.41) is 3.55. The minimum atomic E-state index is 0.595. The Labute approximate surface area is 116 Å². The van der Waals surface area contributed by atoms with Gasteiger partial charge in [0.05, 0.1) is 0 Å². The molecule has 1 fully saturated rings. The van der Waals surface area contributed by atoms with Crippen LogP contribution in [0.2, 0.25) is 0 Å². The van der Waals surface area contributed by atoms with Gasteiger partial charge in [-0.3, -0.25) is 0 Å². The average molecular weight is 262 g/mol. The molecule has 0 radical (unpaired) electrons. The van der Waals surface area contributed by atoms with Crippen LogP contribution in [0.25, 0.3) is 0 Å². The fourth-order valence-electron chi connectivity index (χ4n) is 2.56. The van der Waals surface area contributed by atoms with E-state index in [9.17, 15) is 0 Å². The van der Waals surface area contributed by atoms with Gasteiger partial charge in [0.25, 0.3) is 0 Å². The number of unbranched alkanes of at least 4 members (excludes halogenated alkanes) is 1.